The Balaban J connectivity index is 3.28. The molecule has 0 saturated carbocycles. The summed E-state index contributed by atoms with van der Waals surface area (Å²) in [7, 11) is -2.56. The summed E-state index contributed by atoms with van der Waals surface area (Å²) in [6, 6.07) is 3.19. The molecule has 1 aromatic rings. The van der Waals surface area contributed by atoms with Gasteiger partial charge in [0, 0.05) is 27.1 Å². The molecule has 27 heavy (non-hydrogen) atoms. The highest BCUT2D eigenvalue weighted by Gasteiger charge is 2.28. The average molecular weight is 466 g/mol. The Kier molecular flexibility index (Phi) is 8.93. The van der Waals surface area contributed by atoms with E-state index in [0.29, 0.717) is 9.79 Å². The second-order valence-corrected chi connectivity index (χ2v) is 22.6. The van der Waals surface area contributed by atoms with Gasteiger partial charge in [-0.2, -0.15) is 0 Å². The summed E-state index contributed by atoms with van der Waals surface area (Å²) >= 11 is 9.28. The minimum Gasteiger partial charge on any atom is -0.478 e. The molecule has 0 aliphatic carbocycles. The summed E-state index contributed by atoms with van der Waals surface area (Å²) in [4.78, 5) is 23.5. The number of nitro benzene ring substituents is 1. The number of carboxylic acid groups (broad SMARTS) is 1. The number of benzene rings is 1. The standard InChI is InChI=1S/C17H28ClNO4S2Si2/c1-26(2,3)9-7-24-15-12(17(20)21)11-13(19(22)23)16(14(15)18)25-8-10-27(4,5)6/h11H,7-10H2,1-6H3,(H,20,21). The molecular weight excluding hydrogens is 438 g/mol. The lowest BCUT2D eigenvalue weighted by Crippen LogP contribution is -2.20. The first kappa shape index (κ1) is 24.6. The molecule has 0 fully saturated rings. The van der Waals surface area contributed by atoms with E-state index in [0.717, 1.165) is 23.6 Å². The normalized spacial score (nSPS) is 12.3. The molecule has 10 heteroatoms. The number of halogens is 1. The third-order valence-corrected chi connectivity index (χ3v) is 10.8. The first-order valence-corrected chi connectivity index (χ1v) is 18.5. The van der Waals surface area contributed by atoms with Gasteiger partial charge in [-0.1, -0.05) is 50.9 Å². The third-order valence-electron chi connectivity index (χ3n) is 3.78. The topological polar surface area (TPSA) is 80.4 Å². The predicted molar refractivity (Wildman–Crippen MR) is 123 cm³/mol. The van der Waals surface area contributed by atoms with Crippen LogP contribution >= 0.6 is 35.1 Å². The predicted octanol–water partition coefficient (Wildman–Crippen LogP) is 6.81. The molecule has 1 N–H and O–H groups in total. The first-order chi connectivity index (χ1) is 12.2. The Morgan fingerprint density at radius 1 is 1.07 bits per heavy atom. The molecule has 152 valence electrons. The second-order valence-electron chi connectivity index (χ2n) is 8.80. The summed E-state index contributed by atoms with van der Waals surface area (Å²) in [5.41, 5.74) is -0.297. The molecule has 5 nitrogen and oxygen atoms in total. The van der Waals surface area contributed by atoms with Gasteiger partial charge in [0.05, 0.1) is 15.5 Å². The van der Waals surface area contributed by atoms with E-state index in [1.54, 1.807) is 0 Å². The molecule has 0 aliphatic rings. The zero-order valence-corrected chi connectivity index (χ0v) is 21.1. The fraction of sp³-hybridized carbons (Fsp3) is 0.588. The Morgan fingerprint density at radius 3 is 1.89 bits per heavy atom. The number of rotatable bonds is 10. The molecule has 0 amide bonds. The van der Waals surface area contributed by atoms with Gasteiger partial charge in [-0.05, 0) is 23.6 Å². The summed E-state index contributed by atoms with van der Waals surface area (Å²) in [6.07, 6.45) is 0. The van der Waals surface area contributed by atoms with E-state index in [9.17, 15) is 20.0 Å². The molecule has 1 rings (SSSR count). The van der Waals surface area contributed by atoms with Crippen molar-refractivity contribution < 1.29 is 14.8 Å². The number of hydrogen-bond acceptors (Lipinski definition) is 5. The van der Waals surface area contributed by atoms with Crippen molar-refractivity contribution in [3.63, 3.8) is 0 Å². The first-order valence-electron chi connectivity index (χ1n) is 8.73. The van der Waals surface area contributed by atoms with Crippen molar-refractivity contribution in [3.05, 3.63) is 26.8 Å². The molecule has 1 aromatic carbocycles. The molecule has 0 radical (unpaired) electrons. The zero-order chi connectivity index (χ0) is 21.0. The van der Waals surface area contributed by atoms with E-state index in [1.807, 2.05) is 0 Å². The maximum atomic E-state index is 11.7. The van der Waals surface area contributed by atoms with Crippen LogP contribution in [-0.2, 0) is 0 Å². The van der Waals surface area contributed by atoms with E-state index in [-0.39, 0.29) is 16.3 Å². The van der Waals surface area contributed by atoms with Crippen molar-refractivity contribution in [1.29, 1.82) is 0 Å². The highest BCUT2D eigenvalue weighted by atomic mass is 35.5. The largest absolute Gasteiger partial charge is 0.478 e. The number of thioether (sulfide) groups is 2. The number of hydrogen-bond donors (Lipinski definition) is 1. The Morgan fingerprint density at radius 2 is 1.52 bits per heavy atom. The van der Waals surface area contributed by atoms with Crippen LogP contribution in [0.5, 0.6) is 0 Å². The maximum absolute atomic E-state index is 11.7. The van der Waals surface area contributed by atoms with Crippen molar-refractivity contribution >= 4 is 62.9 Å². The molecule has 0 spiro atoms. The third kappa shape index (κ3) is 8.19. The Labute approximate surface area is 176 Å². The van der Waals surface area contributed by atoms with E-state index >= 15 is 0 Å². The van der Waals surface area contributed by atoms with Crippen molar-refractivity contribution in [2.24, 2.45) is 0 Å². The monoisotopic (exact) mass is 465 g/mol. The van der Waals surface area contributed by atoms with E-state index in [1.165, 1.54) is 29.6 Å². The fourth-order valence-electron chi connectivity index (χ4n) is 2.09. The molecule has 0 aromatic heterocycles. The number of nitro groups is 1. The van der Waals surface area contributed by atoms with Gasteiger partial charge < -0.3 is 5.11 Å². The van der Waals surface area contributed by atoms with Gasteiger partial charge in [0.25, 0.3) is 5.69 Å². The van der Waals surface area contributed by atoms with Crippen LogP contribution in [0.3, 0.4) is 0 Å². The highest BCUT2D eigenvalue weighted by Crippen LogP contribution is 2.44. The molecule has 0 atom stereocenters. The van der Waals surface area contributed by atoms with Crippen molar-refractivity contribution in [2.45, 2.75) is 61.2 Å². The number of carbonyl (C=O) groups is 1. The van der Waals surface area contributed by atoms with Crippen LogP contribution in [0.15, 0.2) is 15.9 Å². The number of carboxylic acids is 1. The van der Waals surface area contributed by atoms with Crippen LogP contribution in [-0.4, -0.2) is 43.7 Å². The lowest BCUT2D eigenvalue weighted by atomic mass is 10.2. The Hall–Kier alpha value is -0.486. The zero-order valence-electron chi connectivity index (χ0n) is 16.7. The van der Waals surface area contributed by atoms with E-state index in [2.05, 4.69) is 39.3 Å². The van der Waals surface area contributed by atoms with Gasteiger partial charge in [0.1, 0.15) is 4.90 Å². The van der Waals surface area contributed by atoms with Gasteiger partial charge in [0.15, 0.2) is 0 Å². The molecule has 0 bridgehead atoms. The fourth-order valence-corrected chi connectivity index (χ4v) is 9.85. The minimum atomic E-state index is -1.29. The summed E-state index contributed by atoms with van der Waals surface area (Å²) < 4.78 is 0. The van der Waals surface area contributed by atoms with Crippen molar-refractivity contribution in [3.8, 4) is 0 Å². The number of nitrogens with zero attached hydrogens (tertiary/aromatic N) is 1. The second kappa shape index (κ2) is 9.82. The van der Waals surface area contributed by atoms with Crippen molar-refractivity contribution in [2.75, 3.05) is 11.5 Å². The smallest absolute Gasteiger partial charge is 0.337 e. The molecular formula is C17H28ClNO4S2Si2. The van der Waals surface area contributed by atoms with Crippen LogP contribution in [0.25, 0.3) is 0 Å². The SMILES string of the molecule is C[Si](C)(C)CCSc1c(C(=O)O)cc([N+](=O)[O-])c(SCC[Si](C)(C)C)c1Cl. The van der Waals surface area contributed by atoms with Gasteiger partial charge >= 0.3 is 5.97 Å². The van der Waals surface area contributed by atoms with Crippen LogP contribution in [0, 0.1) is 10.1 Å². The van der Waals surface area contributed by atoms with Crippen LogP contribution in [0.4, 0.5) is 5.69 Å². The Bertz CT molecular complexity index is 662. The molecule has 0 heterocycles. The molecule has 0 aliphatic heterocycles. The van der Waals surface area contributed by atoms with E-state index < -0.39 is 27.0 Å². The van der Waals surface area contributed by atoms with Gasteiger partial charge in [0.2, 0.25) is 0 Å². The van der Waals surface area contributed by atoms with Gasteiger partial charge in [-0.25, -0.2) is 4.79 Å². The van der Waals surface area contributed by atoms with E-state index in [4.69, 9.17) is 11.6 Å². The van der Waals surface area contributed by atoms with Gasteiger partial charge in [-0.3, -0.25) is 10.1 Å². The quantitative estimate of drug-likeness (QED) is 0.177. The van der Waals surface area contributed by atoms with Gasteiger partial charge in [-0.15, -0.1) is 23.5 Å². The maximum Gasteiger partial charge on any atom is 0.337 e. The van der Waals surface area contributed by atoms with Crippen LogP contribution < -0.4 is 0 Å². The molecule has 0 unspecified atom stereocenters. The highest BCUT2D eigenvalue weighted by molar-refractivity contribution is 8.00. The summed E-state index contributed by atoms with van der Waals surface area (Å²) in [5, 5.41) is 21.3. The minimum absolute atomic E-state index is 0.0816. The summed E-state index contributed by atoms with van der Waals surface area (Å²) in [5.74, 6) is 0.308. The van der Waals surface area contributed by atoms with Crippen LogP contribution in [0.2, 0.25) is 56.4 Å². The average Bonchev–Trinajstić information content (AvgIpc) is 2.47. The lowest BCUT2D eigenvalue weighted by Gasteiger charge is -2.18. The summed E-state index contributed by atoms with van der Waals surface area (Å²) in [6.45, 7) is 13.5. The lowest BCUT2D eigenvalue weighted by molar-refractivity contribution is -0.387. The molecule has 0 saturated heterocycles. The van der Waals surface area contributed by atoms with Crippen molar-refractivity contribution in [1.82, 2.24) is 0 Å². The number of aromatic carboxylic acids is 1. The van der Waals surface area contributed by atoms with Crippen LogP contribution in [0.1, 0.15) is 10.4 Å².